The van der Waals surface area contributed by atoms with E-state index in [0.29, 0.717) is 42.1 Å². The van der Waals surface area contributed by atoms with Gasteiger partial charge in [0.1, 0.15) is 17.3 Å². The molecule has 0 aliphatic carbocycles. The lowest BCUT2D eigenvalue weighted by atomic mass is 9.94. The Morgan fingerprint density at radius 2 is 1.84 bits per heavy atom. The van der Waals surface area contributed by atoms with Crippen molar-refractivity contribution < 1.29 is 23.8 Å². The Balaban J connectivity index is 2.10. The molecule has 1 aliphatic heterocycles. The van der Waals surface area contributed by atoms with E-state index >= 15 is 0 Å². The predicted octanol–water partition coefficient (Wildman–Crippen LogP) is 3.91. The number of hydrogen-bond donors (Lipinski definition) is 1. The van der Waals surface area contributed by atoms with Crippen LogP contribution in [0.15, 0.2) is 48.0 Å². The zero-order valence-corrected chi connectivity index (χ0v) is 18.9. The van der Waals surface area contributed by atoms with Crippen molar-refractivity contribution in [1.82, 2.24) is 9.80 Å². The maximum Gasteiger partial charge on any atom is 0.295 e. The van der Waals surface area contributed by atoms with Crippen LogP contribution in [0.5, 0.6) is 5.75 Å². The van der Waals surface area contributed by atoms with Gasteiger partial charge in [-0.05, 0) is 68.9 Å². The van der Waals surface area contributed by atoms with E-state index in [0.717, 1.165) is 6.42 Å². The zero-order valence-electron chi connectivity index (χ0n) is 18.9. The molecule has 1 saturated heterocycles. The number of amides is 1. The largest absolute Gasteiger partial charge is 0.507 e. The quantitative estimate of drug-likeness (QED) is 0.383. The lowest BCUT2D eigenvalue weighted by molar-refractivity contribution is -0.140. The minimum atomic E-state index is -0.800. The van der Waals surface area contributed by atoms with Crippen molar-refractivity contribution in [1.29, 1.82) is 0 Å². The highest BCUT2D eigenvalue weighted by atomic mass is 19.1. The Hall–Kier alpha value is -3.19. The highest BCUT2D eigenvalue weighted by Crippen LogP contribution is 2.40. The van der Waals surface area contributed by atoms with Gasteiger partial charge in [0.25, 0.3) is 11.7 Å². The summed E-state index contributed by atoms with van der Waals surface area (Å²) < 4.78 is 19.2. The fourth-order valence-electron chi connectivity index (χ4n) is 3.77. The molecule has 3 rings (SSSR count). The number of carbonyl (C=O) groups is 2. The van der Waals surface area contributed by atoms with Crippen molar-refractivity contribution in [3.8, 4) is 5.75 Å². The topological polar surface area (TPSA) is 70.1 Å². The Morgan fingerprint density at radius 1 is 1.16 bits per heavy atom. The molecule has 2 aromatic carbocycles. The lowest BCUT2D eigenvalue weighted by Gasteiger charge is -2.26. The summed E-state index contributed by atoms with van der Waals surface area (Å²) in [4.78, 5) is 29.3. The van der Waals surface area contributed by atoms with Crippen LogP contribution in [-0.4, -0.2) is 60.4 Å². The molecule has 1 amide bonds. The van der Waals surface area contributed by atoms with Crippen LogP contribution in [0, 0.1) is 12.7 Å². The summed E-state index contributed by atoms with van der Waals surface area (Å²) in [6.45, 7) is 5.22. The van der Waals surface area contributed by atoms with Crippen LogP contribution in [0.1, 0.15) is 36.1 Å². The van der Waals surface area contributed by atoms with Gasteiger partial charge in [-0.25, -0.2) is 4.39 Å². The van der Waals surface area contributed by atoms with E-state index in [1.54, 1.807) is 18.2 Å². The van der Waals surface area contributed by atoms with Gasteiger partial charge in [0.05, 0.1) is 18.2 Å². The second kappa shape index (κ2) is 9.96. The molecule has 1 atom stereocenters. The smallest absolute Gasteiger partial charge is 0.295 e. The van der Waals surface area contributed by atoms with E-state index in [2.05, 4.69) is 0 Å². The number of benzene rings is 2. The van der Waals surface area contributed by atoms with Crippen LogP contribution >= 0.6 is 0 Å². The van der Waals surface area contributed by atoms with Gasteiger partial charge in [-0.2, -0.15) is 0 Å². The third-order valence-corrected chi connectivity index (χ3v) is 5.44. The molecule has 0 aromatic heterocycles. The number of halogens is 1. The molecule has 0 spiro atoms. The molecular weight excluding hydrogens is 411 g/mol. The van der Waals surface area contributed by atoms with E-state index < -0.39 is 23.5 Å². The summed E-state index contributed by atoms with van der Waals surface area (Å²) in [7, 11) is 3.74. The van der Waals surface area contributed by atoms with E-state index in [9.17, 15) is 19.1 Å². The molecule has 0 saturated carbocycles. The highest BCUT2D eigenvalue weighted by molar-refractivity contribution is 6.46. The summed E-state index contributed by atoms with van der Waals surface area (Å²) in [6.07, 6.45) is 0.870. The molecule has 1 fully saturated rings. The minimum Gasteiger partial charge on any atom is -0.507 e. The molecule has 1 aliphatic rings. The first kappa shape index (κ1) is 23.5. The van der Waals surface area contributed by atoms with E-state index in [4.69, 9.17) is 4.74 Å². The molecule has 1 N–H and O–H groups in total. The second-order valence-corrected chi connectivity index (χ2v) is 8.17. The van der Waals surface area contributed by atoms with Crippen LogP contribution in [0.25, 0.3) is 5.76 Å². The number of hydrogen-bond acceptors (Lipinski definition) is 5. The Labute approximate surface area is 187 Å². The molecule has 0 radical (unpaired) electrons. The molecule has 0 bridgehead atoms. The van der Waals surface area contributed by atoms with Crippen LogP contribution < -0.4 is 4.74 Å². The van der Waals surface area contributed by atoms with Crippen molar-refractivity contribution in [2.45, 2.75) is 26.3 Å². The van der Waals surface area contributed by atoms with Crippen LogP contribution in [0.4, 0.5) is 4.39 Å². The van der Waals surface area contributed by atoms with Crippen molar-refractivity contribution in [3.63, 3.8) is 0 Å². The Bertz CT molecular complexity index is 1030. The minimum absolute atomic E-state index is 0.00527. The van der Waals surface area contributed by atoms with Gasteiger partial charge < -0.3 is 19.6 Å². The number of likely N-dealkylation sites (N-methyl/N-ethyl adjacent to an activating group) is 1. The number of nitrogens with zero attached hydrogens (tertiary/aromatic N) is 2. The molecule has 6 nitrogen and oxygen atoms in total. The van der Waals surface area contributed by atoms with Gasteiger partial charge in [0.2, 0.25) is 0 Å². The second-order valence-electron chi connectivity index (χ2n) is 8.17. The van der Waals surface area contributed by atoms with Crippen LogP contribution in [-0.2, 0) is 9.59 Å². The van der Waals surface area contributed by atoms with Gasteiger partial charge in [0.15, 0.2) is 0 Å². The van der Waals surface area contributed by atoms with Gasteiger partial charge in [-0.1, -0.05) is 19.1 Å². The van der Waals surface area contributed by atoms with E-state index in [1.807, 2.05) is 32.8 Å². The maximum absolute atomic E-state index is 13.6. The number of ketones is 1. The maximum atomic E-state index is 13.6. The lowest BCUT2D eigenvalue weighted by Crippen LogP contribution is -2.35. The molecule has 7 heteroatoms. The van der Waals surface area contributed by atoms with Crippen molar-refractivity contribution in [2.75, 3.05) is 33.8 Å². The molecule has 170 valence electrons. The average molecular weight is 441 g/mol. The monoisotopic (exact) mass is 440 g/mol. The van der Waals surface area contributed by atoms with Crippen LogP contribution in [0.3, 0.4) is 0 Å². The van der Waals surface area contributed by atoms with Gasteiger partial charge >= 0.3 is 0 Å². The average Bonchev–Trinajstić information content (AvgIpc) is 3.01. The summed E-state index contributed by atoms with van der Waals surface area (Å²) in [5.74, 6) is -1.42. The fraction of sp³-hybridized carbons (Fsp3) is 0.360. The Morgan fingerprint density at radius 3 is 2.44 bits per heavy atom. The van der Waals surface area contributed by atoms with Crippen molar-refractivity contribution in [3.05, 3.63) is 70.5 Å². The van der Waals surface area contributed by atoms with E-state index in [-0.39, 0.29) is 11.3 Å². The number of aryl methyl sites for hydroxylation is 1. The van der Waals surface area contributed by atoms with Crippen LogP contribution in [0.2, 0.25) is 0 Å². The molecule has 1 heterocycles. The first-order chi connectivity index (χ1) is 15.2. The third-order valence-electron chi connectivity index (χ3n) is 5.44. The van der Waals surface area contributed by atoms with Gasteiger partial charge in [0, 0.05) is 18.7 Å². The molecule has 1 unspecified atom stereocenters. The number of aliphatic hydroxyl groups is 1. The van der Waals surface area contributed by atoms with Crippen molar-refractivity contribution in [2.24, 2.45) is 0 Å². The summed E-state index contributed by atoms with van der Waals surface area (Å²) >= 11 is 0. The van der Waals surface area contributed by atoms with Crippen molar-refractivity contribution >= 4 is 17.4 Å². The van der Waals surface area contributed by atoms with Gasteiger partial charge in [-0.15, -0.1) is 0 Å². The first-order valence-corrected chi connectivity index (χ1v) is 10.7. The standard InChI is InChI=1S/C25H29FN2O4/c1-5-14-32-19-10-11-20(16(2)15-19)23(29)21-22(17-6-8-18(26)9-7-17)28(13-12-27(3)4)25(31)24(21)30/h6-11,15,22,29H,5,12-14H2,1-4H3/b23-21+. The number of ether oxygens (including phenoxy) is 1. The third kappa shape index (κ3) is 4.83. The SMILES string of the molecule is CCCOc1ccc(/C(O)=C2\C(=O)C(=O)N(CCN(C)C)C2c2ccc(F)cc2)c(C)c1. The number of carbonyl (C=O) groups excluding carboxylic acids is 2. The summed E-state index contributed by atoms with van der Waals surface area (Å²) in [6, 6.07) is 10.1. The molecular formula is C25H29FN2O4. The summed E-state index contributed by atoms with van der Waals surface area (Å²) in [5.41, 5.74) is 1.73. The molecule has 2 aromatic rings. The van der Waals surface area contributed by atoms with Gasteiger partial charge in [-0.3, -0.25) is 9.59 Å². The number of Topliss-reactive ketones (excluding diaryl/α,β-unsaturated/α-hetero) is 1. The first-order valence-electron chi connectivity index (χ1n) is 10.7. The Kier molecular flexibility index (Phi) is 7.30. The zero-order chi connectivity index (χ0) is 23.4. The number of rotatable bonds is 8. The van der Waals surface area contributed by atoms with E-state index in [1.165, 1.54) is 29.2 Å². The highest BCUT2D eigenvalue weighted by Gasteiger charge is 2.46. The number of likely N-dealkylation sites (tertiary alicyclic amines) is 1. The summed E-state index contributed by atoms with van der Waals surface area (Å²) in [5, 5.41) is 11.2. The normalized spacial score (nSPS) is 17.9. The predicted molar refractivity (Wildman–Crippen MR) is 121 cm³/mol. The number of aliphatic hydroxyl groups excluding tert-OH is 1. The fourth-order valence-corrected chi connectivity index (χ4v) is 3.77. The molecule has 32 heavy (non-hydrogen) atoms.